The van der Waals surface area contributed by atoms with Crippen molar-refractivity contribution in [3.8, 4) is 0 Å². The van der Waals surface area contributed by atoms with Crippen molar-refractivity contribution in [3.05, 3.63) is 35.9 Å². The summed E-state index contributed by atoms with van der Waals surface area (Å²) in [4.78, 5) is 30.9. The minimum Gasteiger partial charge on any atom is -0.351 e. The third-order valence-corrected chi connectivity index (χ3v) is 4.76. The van der Waals surface area contributed by atoms with Crippen LogP contribution in [0.5, 0.6) is 0 Å². The van der Waals surface area contributed by atoms with Crippen LogP contribution >= 0.6 is 0 Å². The van der Waals surface area contributed by atoms with Gasteiger partial charge in [0.2, 0.25) is 11.8 Å². The van der Waals surface area contributed by atoms with E-state index in [0.717, 1.165) is 31.2 Å². The number of hydroxylamine groups is 2. The molecule has 144 valence electrons. The second kappa shape index (κ2) is 10.3. The van der Waals surface area contributed by atoms with Crippen LogP contribution in [0.25, 0.3) is 0 Å². The molecule has 1 N–H and O–H groups in total. The van der Waals surface area contributed by atoms with Crippen LogP contribution in [-0.2, 0) is 21.0 Å². The molecular weight excluding hydrogens is 328 g/mol. The van der Waals surface area contributed by atoms with Crippen molar-refractivity contribution in [3.63, 3.8) is 0 Å². The standard InChI is InChI=1S/C21H32N2O3/c1-16(2)14-20(21(25)22-19-12-8-5-9-13-19)23(17(3)24)26-15-18-10-6-4-7-11-18/h4,6-7,10-11,16,19-20H,5,8-9,12-15H2,1-3H3,(H,22,25). The van der Waals surface area contributed by atoms with E-state index in [9.17, 15) is 9.59 Å². The lowest BCUT2D eigenvalue weighted by molar-refractivity contribution is -0.207. The van der Waals surface area contributed by atoms with Gasteiger partial charge in [0.25, 0.3) is 0 Å². The van der Waals surface area contributed by atoms with Crippen LogP contribution in [0.15, 0.2) is 30.3 Å². The monoisotopic (exact) mass is 360 g/mol. The van der Waals surface area contributed by atoms with Crippen molar-refractivity contribution >= 4 is 11.8 Å². The highest BCUT2D eigenvalue weighted by molar-refractivity contribution is 5.86. The second-order valence-corrected chi connectivity index (χ2v) is 7.59. The van der Waals surface area contributed by atoms with Gasteiger partial charge < -0.3 is 5.32 Å². The van der Waals surface area contributed by atoms with Gasteiger partial charge in [0.05, 0.1) is 0 Å². The van der Waals surface area contributed by atoms with Gasteiger partial charge in [0.1, 0.15) is 12.6 Å². The Labute approximate surface area is 157 Å². The van der Waals surface area contributed by atoms with E-state index in [4.69, 9.17) is 4.84 Å². The summed E-state index contributed by atoms with van der Waals surface area (Å²) in [6.07, 6.45) is 6.16. The first-order chi connectivity index (χ1) is 12.5. The molecule has 0 radical (unpaired) electrons. The van der Waals surface area contributed by atoms with E-state index < -0.39 is 6.04 Å². The SMILES string of the molecule is CC(=O)N(OCc1ccccc1)C(CC(C)C)C(=O)NC1CCCCC1. The maximum Gasteiger partial charge on any atom is 0.245 e. The van der Waals surface area contributed by atoms with Crippen molar-refractivity contribution in [2.24, 2.45) is 5.92 Å². The number of carbonyl (C=O) groups excluding carboxylic acids is 2. The van der Waals surface area contributed by atoms with Crippen molar-refractivity contribution < 1.29 is 14.4 Å². The van der Waals surface area contributed by atoms with E-state index >= 15 is 0 Å². The van der Waals surface area contributed by atoms with Crippen LogP contribution < -0.4 is 5.32 Å². The molecule has 1 aliphatic rings. The zero-order valence-corrected chi connectivity index (χ0v) is 16.2. The molecule has 5 heteroatoms. The van der Waals surface area contributed by atoms with E-state index in [1.165, 1.54) is 18.4 Å². The third kappa shape index (κ3) is 6.45. The summed E-state index contributed by atoms with van der Waals surface area (Å²) in [5.74, 6) is -0.0708. The van der Waals surface area contributed by atoms with Crippen LogP contribution in [0.4, 0.5) is 0 Å². The molecule has 0 saturated heterocycles. The largest absolute Gasteiger partial charge is 0.351 e. The van der Waals surface area contributed by atoms with Crippen molar-refractivity contribution in [1.29, 1.82) is 0 Å². The molecule has 1 saturated carbocycles. The molecule has 5 nitrogen and oxygen atoms in total. The number of benzene rings is 1. The molecule has 26 heavy (non-hydrogen) atoms. The topological polar surface area (TPSA) is 58.6 Å². The molecule has 1 aliphatic carbocycles. The molecular formula is C21H32N2O3. The Morgan fingerprint density at radius 3 is 2.38 bits per heavy atom. The smallest absolute Gasteiger partial charge is 0.245 e. The van der Waals surface area contributed by atoms with E-state index in [1.807, 2.05) is 30.3 Å². The zero-order chi connectivity index (χ0) is 18.9. The van der Waals surface area contributed by atoms with Gasteiger partial charge in [-0.25, -0.2) is 5.06 Å². The van der Waals surface area contributed by atoms with E-state index in [2.05, 4.69) is 19.2 Å². The lowest BCUT2D eigenvalue weighted by atomic mass is 9.94. The molecule has 1 aromatic carbocycles. The number of carbonyl (C=O) groups is 2. The maximum absolute atomic E-state index is 12.9. The number of hydrogen-bond acceptors (Lipinski definition) is 3. The molecule has 0 heterocycles. The zero-order valence-electron chi connectivity index (χ0n) is 16.2. The fourth-order valence-corrected chi connectivity index (χ4v) is 3.42. The van der Waals surface area contributed by atoms with Crippen LogP contribution in [0.3, 0.4) is 0 Å². The molecule has 1 aromatic rings. The lowest BCUT2D eigenvalue weighted by Gasteiger charge is -2.32. The van der Waals surface area contributed by atoms with Gasteiger partial charge in [-0.15, -0.1) is 0 Å². The van der Waals surface area contributed by atoms with Gasteiger partial charge in [0.15, 0.2) is 0 Å². The molecule has 2 rings (SSSR count). The summed E-state index contributed by atoms with van der Waals surface area (Å²) in [7, 11) is 0. The predicted octanol–water partition coefficient (Wildman–Crippen LogP) is 3.83. The summed E-state index contributed by atoms with van der Waals surface area (Å²) in [5, 5.41) is 4.41. The minimum atomic E-state index is -0.599. The average molecular weight is 360 g/mol. The molecule has 2 amide bonds. The van der Waals surface area contributed by atoms with Crippen LogP contribution in [-0.4, -0.2) is 29.0 Å². The van der Waals surface area contributed by atoms with Gasteiger partial charge in [-0.2, -0.15) is 0 Å². The molecule has 0 aromatic heterocycles. The fourth-order valence-electron chi connectivity index (χ4n) is 3.42. The maximum atomic E-state index is 12.9. The summed E-state index contributed by atoms with van der Waals surface area (Å²) < 4.78 is 0. The molecule has 1 fully saturated rings. The Balaban J connectivity index is 2.06. The van der Waals surface area contributed by atoms with E-state index in [0.29, 0.717) is 6.42 Å². The normalized spacial score (nSPS) is 16.3. The number of rotatable bonds is 8. The minimum absolute atomic E-state index is 0.103. The molecule has 1 atom stereocenters. The lowest BCUT2D eigenvalue weighted by Crippen LogP contribution is -2.52. The highest BCUT2D eigenvalue weighted by Crippen LogP contribution is 2.20. The third-order valence-electron chi connectivity index (χ3n) is 4.76. The average Bonchev–Trinajstić information content (AvgIpc) is 2.62. The van der Waals surface area contributed by atoms with Crippen LogP contribution in [0, 0.1) is 5.92 Å². The number of amides is 2. The second-order valence-electron chi connectivity index (χ2n) is 7.59. The van der Waals surface area contributed by atoms with Gasteiger partial charge in [0, 0.05) is 13.0 Å². The van der Waals surface area contributed by atoms with Crippen molar-refractivity contribution in [2.75, 3.05) is 0 Å². The summed E-state index contributed by atoms with van der Waals surface area (Å²) in [6.45, 7) is 5.82. The molecule has 0 bridgehead atoms. The summed E-state index contributed by atoms with van der Waals surface area (Å²) >= 11 is 0. The quantitative estimate of drug-likeness (QED) is 0.717. The predicted molar refractivity (Wildman–Crippen MR) is 102 cm³/mol. The van der Waals surface area contributed by atoms with Gasteiger partial charge in [-0.05, 0) is 30.7 Å². The van der Waals surface area contributed by atoms with Gasteiger partial charge in [-0.1, -0.05) is 63.4 Å². The Hall–Kier alpha value is -1.88. The molecule has 1 unspecified atom stereocenters. The van der Waals surface area contributed by atoms with Gasteiger partial charge in [-0.3, -0.25) is 14.4 Å². The summed E-state index contributed by atoms with van der Waals surface area (Å²) in [6, 6.07) is 9.30. The van der Waals surface area contributed by atoms with Crippen molar-refractivity contribution in [2.45, 2.75) is 78.0 Å². The molecule has 0 spiro atoms. The Morgan fingerprint density at radius 1 is 1.15 bits per heavy atom. The first kappa shape index (κ1) is 20.4. The van der Waals surface area contributed by atoms with E-state index in [1.54, 1.807) is 0 Å². The first-order valence-electron chi connectivity index (χ1n) is 9.74. The first-order valence-corrected chi connectivity index (χ1v) is 9.74. The van der Waals surface area contributed by atoms with E-state index in [-0.39, 0.29) is 30.4 Å². The highest BCUT2D eigenvalue weighted by Gasteiger charge is 2.31. The molecule has 0 aliphatic heterocycles. The summed E-state index contributed by atoms with van der Waals surface area (Å²) in [5.41, 5.74) is 0.967. The Bertz CT molecular complexity index is 568. The van der Waals surface area contributed by atoms with Crippen LogP contribution in [0.1, 0.15) is 64.9 Å². The Kier molecular flexibility index (Phi) is 8.10. The van der Waals surface area contributed by atoms with Gasteiger partial charge >= 0.3 is 0 Å². The Morgan fingerprint density at radius 2 is 1.81 bits per heavy atom. The number of nitrogens with zero attached hydrogens (tertiary/aromatic N) is 1. The fraction of sp³-hybridized carbons (Fsp3) is 0.619. The number of nitrogens with one attached hydrogen (secondary N) is 1. The highest BCUT2D eigenvalue weighted by atomic mass is 16.7. The number of hydrogen-bond donors (Lipinski definition) is 1. The van der Waals surface area contributed by atoms with Crippen molar-refractivity contribution in [1.82, 2.24) is 10.4 Å². The van der Waals surface area contributed by atoms with Crippen LogP contribution in [0.2, 0.25) is 0 Å².